The summed E-state index contributed by atoms with van der Waals surface area (Å²) in [6.07, 6.45) is 52.3. The molecule has 0 saturated carbocycles. The van der Waals surface area contributed by atoms with Gasteiger partial charge in [0.2, 0.25) is 0 Å². The van der Waals surface area contributed by atoms with Gasteiger partial charge in [-0.05, 0) is 31.1 Å². The fourth-order valence-electron chi connectivity index (χ4n) is 8.66. The van der Waals surface area contributed by atoms with Crippen LogP contribution in [0.4, 0.5) is 0 Å². The predicted molar refractivity (Wildman–Crippen MR) is 270 cm³/mol. The summed E-state index contributed by atoms with van der Waals surface area (Å²) in [4.78, 5) is 38.1. The van der Waals surface area contributed by atoms with Gasteiger partial charge in [-0.3, -0.25) is 14.4 Å². The molecule has 2 atom stereocenters. The van der Waals surface area contributed by atoms with Gasteiger partial charge in [-0.1, -0.05) is 279 Å². The van der Waals surface area contributed by atoms with E-state index in [1.165, 1.54) is 205 Å². The summed E-state index contributed by atoms with van der Waals surface area (Å²) in [6.45, 7) is 11.4. The van der Waals surface area contributed by atoms with E-state index in [1.807, 2.05) is 0 Å². The second-order valence-electron chi connectivity index (χ2n) is 20.3. The van der Waals surface area contributed by atoms with Crippen LogP contribution in [0.2, 0.25) is 0 Å². The Labute approximate surface area is 393 Å². The molecule has 0 aliphatic rings. The number of ether oxygens (including phenoxy) is 3. The van der Waals surface area contributed by atoms with Gasteiger partial charge < -0.3 is 14.2 Å². The van der Waals surface area contributed by atoms with E-state index in [0.29, 0.717) is 19.3 Å². The maximum absolute atomic E-state index is 12.8. The number of unbranched alkanes of at least 4 members (excludes halogenated alkanes) is 35. The van der Waals surface area contributed by atoms with Crippen molar-refractivity contribution in [1.82, 2.24) is 0 Å². The van der Waals surface area contributed by atoms with E-state index in [1.54, 1.807) is 0 Å². The van der Waals surface area contributed by atoms with Crippen LogP contribution in [-0.4, -0.2) is 37.2 Å². The normalized spacial score (nSPS) is 12.5. The Bertz CT molecular complexity index is 964. The second-order valence-corrected chi connectivity index (χ2v) is 20.3. The molecule has 0 spiro atoms. The number of hydrogen-bond donors (Lipinski definition) is 0. The average Bonchev–Trinajstić information content (AvgIpc) is 3.27. The molecular weight excluding hydrogens is 781 g/mol. The summed E-state index contributed by atoms with van der Waals surface area (Å²) in [5.41, 5.74) is 0. The molecule has 63 heavy (non-hydrogen) atoms. The van der Waals surface area contributed by atoms with Crippen LogP contribution in [0.15, 0.2) is 0 Å². The number of carbonyl (C=O) groups is 3. The molecule has 6 nitrogen and oxygen atoms in total. The first-order valence-electron chi connectivity index (χ1n) is 28.3. The van der Waals surface area contributed by atoms with Gasteiger partial charge in [0.25, 0.3) is 0 Å². The van der Waals surface area contributed by atoms with Crippen molar-refractivity contribution in [3.05, 3.63) is 0 Å². The Morgan fingerprint density at radius 3 is 0.905 bits per heavy atom. The first kappa shape index (κ1) is 61.4. The Kier molecular flexibility index (Phi) is 48.6. The van der Waals surface area contributed by atoms with Crippen LogP contribution in [0.25, 0.3) is 0 Å². The maximum atomic E-state index is 12.8. The smallest absolute Gasteiger partial charge is 0.306 e. The molecule has 0 fully saturated rings. The molecule has 0 aromatic rings. The van der Waals surface area contributed by atoms with E-state index in [9.17, 15) is 14.4 Å². The van der Waals surface area contributed by atoms with Gasteiger partial charge in [0, 0.05) is 19.3 Å². The first-order valence-corrected chi connectivity index (χ1v) is 28.3. The number of rotatable bonds is 51. The molecule has 6 heteroatoms. The highest BCUT2D eigenvalue weighted by atomic mass is 16.6. The van der Waals surface area contributed by atoms with E-state index < -0.39 is 6.10 Å². The van der Waals surface area contributed by atoms with Crippen molar-refractivity contribution < 1.29 is 28.6 Å². The highest BCUT2D eigenvalue weighted by molar-refractivity contribution is 5.71. The van der Waals surface area contributed by atoms with Crippen molar-refractivity contribution in [1.29, 1.82) is 0 Å². The molecule has 0 radical (unpaired) electrons. The van der Waals surface area contributed by atoms with Gasteiger partial charge in [0.05, 0.1) is 0 Å². The van der Waals surface area contributed by atoms with Crippen LogP contribution in [0, 0.1) is 11.8 Å². The molecule has 0 N–H and O–H groups in total. The lowest BCUT2D eigenvalue weighted by Gasteiger charge is -2.18. The van der Waals surface area contributed by atoms with E-state index in [2.05, 4.69) is 34.6 Å². The average molecular weight is 892 g/mol. The molecule has 0 aliphatic heterocycles. The van der Waals surface area contributed by atoms with Gasteiger partial charge in [-0.25, -0.2) is 0 Å². The van der Waals surface area contributed by atoms with Crippen molar-refractivity contribution in [2.75, 3.05) is 13.2 Å². The molecule has 374 valence electrons. The zero-order chi connectivity index (χ0) is 46.1. The lowest BCUT2D eigenvalue weighted by Crippen LogP contribution is -2.30. The lowest BCUT2D eigenvalue weighted by molar-refractivity contribution is -0.167. The van der Waals surface area contributed by atoms with Crippen molar-refractivity contribution in [2.24, 2.45) is 11.8 Å². The number of hydrogen-bond acceptors (Lipinski definition) is 6. The van der Waals surface area contributed by atoms with Gasteiger partial charge in [-0.2, -0.15) is 0 Å². The van der Waals surface area contributed by atoms with Crippen LogP contribution < -0.4 is 0 Å². The van der Waals surface area contributed by atoms with Crippen LogP contribution in [0.5, 0.6) is 0 Å². The minimum atomic E-state index is -0.763. The molecule has 0 aliphatic carbocycles. The van der Waals surface area contributed by atoms with E-state index in [-0.39, 0.29) is 31.1 Å². The minimum Gasteiger partial charge on any atom is -0.462 e. The van der Waals surface area contributed by atoms with Crippen LogP contribution in [0.3, 0.4) is 0 Å². The maximum Gasteiger partial charge on any atom is 0.306 e. The zero-order valence-electron chi connectivity index (χ0n) is 43.2. The first-order chi connectivity index (χ1) is 30.8. The highest BCUT2D eigenvalue weighted by Crippen LogP contribution is 2.18. The largest absolute Gasteiger partial charge is 0.462 e. The monoisotopic (exact) mass is 891 g/mol. The highest BCUT2D eigenvalue weighted by Gasteiger charge is 2.19. The van der Waals surface area contributed by atoms with E-state index >= 15 is 0 Å². The third-order valence-corrected chi connectivity index (χ3v) is 13.3. The van der Waals surface area contributed by atoms with Gasteiger partial charge in [-0.15, -0.1) is 0 Å². The number of esters is 3. The van der Waals surface area contributed by atoms with Crippen LogP contribution >= 0.6 is 0 Å². The molecule has 0 rings (SSSR count). The summed E-state index contributed by atoms with van der Waals surface area (Å²) in [5.74, 6) is 0.830. The summed E-state index contributed by atoms with van der Waals surface area (Å²) in [5, 5.41) is 0. The Balaban J connectivity index is 4.28. The molecule has 0 aromatic heterocycles. The summed E-state index contributed by atoms with van der Waals surface area (Å²) in [6, 6.07) is 0. The van der Waals surface area contributed by atoms with Crippen molar-refractivity contribution in [2.45, 2.75) is 323 Å². The number of carbonyl (C=O) groups excluding carboxylic acids is 3. The fourth-order valence-corrected chi connectivity index (χ4v) is 8.66. The van der Waals surface area contributed by atoms with Gasteiger partial charge >= 0.3 is 17.9 Å². The summed E-state index contributed by atoms with van der Waals surface area (Å²) in [7, 11) is 0. The van der Waals surface area contributed by atoms with Crippen LogP contribution in [-0.2, 0) is 28.6 Å². The lowest BCUT2D eigenvalue weighted by atomic mass is 9.99. The molecule has 0 bridgehead atoms. The van der Waals surface area contributed by atoms with Crippen LogP contribution in [0.1, 0.15) is 317 Å². The Morgan fingerprint density at radius 2 is 0.603 bits per heavy atom. The van der Waals surface area contributed by atoms with E-state index in [0.717, 1.165) is 69.6 Å². The zero-order valence-corrected chi connectivity index (χ0v) is 43.2. The SMILES string of the molecule is CCCCCCCCCCCCCCCCCCCCCC(=O)O[C@@H](COC(=O)CCCCCCCCCCCCCC(C)C)COC(=O)CCCCCCCCCCC(C)CC. The predicted octanol–water partition coefficient (Wildman–Crippen LogP) is 18.5. The summed E-state index contributed by atoms with van der Waals surface area (Å²) < 4.78 is 16.9. The van der Waals surface area contributed by atoms with Gasteiger partial charge in [0.1, 0.15) is 13.2 Å². The molecule has 0 amide bonds. The standard InChI is InChI=1S/C57H110O6/c1-6-8-9-10-11-12-13-14-15-16-17-18-19-20-23-27-34-39-44-49-57(60)63-54(51-62-56(59)48-43-38-33-29-28-31-36-41-46-53(5)7-2)50-61-55(58)47-42-37-32-26-24-21-22-25-30-35-40-45-52(3)4/h52-54H,6-51H2,1-5H3/t53?,54-/m0/s1. The second kappa shape index (κ2) is 49.8. The van der Waals surface area contributed by atoms with Gasteiger partial charge in [0.15, 0.2) is 6.10 Å². The topological polar surface area (TPSA) is 78.9 Å². The van der Waals surface area contributed by atoms with Crippen molar-refractivity contribution in [3.8, 4) is 0 Å². The minimum absolute atomic E-state index is 0.0636. The molecule has 1 unspecified atom stereocenters. The van der Waals surface area contributed by atoms with Crippen molar-refractivity contribution >= 4 is 17.9 Å². The Morgan fingerprint density at radius 1 is 0.333 bits per heavy atom. The summed E-state index contributed by atoms with van der Waals surface area (Å²) >= 11 is 0. The third-order valence-electron chi connectivity index (χ3n) is 13.3. The quantitative estimate of drug-likeness (QED) is 0.0344. The fraction of sp³-hybridized carbons (Fsp3) is 0.947. The Hall–Kier alpha value is -1.59. The molecule has 0 heterocycles. The van der Waals surface area contributed by atoms with Crippen molar-refractivity contribution in [3.63, 3.8) is 0 Å². The third kappa shape index (κ3) is 49.7. The molecule has 0 saturated heterocycles. The van der Waals surface area contributed by atoms with E-state index in [4.69, 9.17) is 14.2 Å². The molecule has 0 aromatic carbocycles. The molecular formula is C57H110O6.